The van der Waals surface area contributed by atoms with Gasteiger partial charge in [-0.15, -0.1) is 0 Å². The minimum atomic E-state index is -0.0809. The molecule has 0 bridgehead atoms. The van der Waals surface area contributed by atoms with Gasteiger partial charge in [0.15, 0.2) is 4.67 Å². The standard InChI is InChI=1S/C10H13BrN2O2/c11-9-4-3-7(15-9)6-13-8-2-1-5-12-10(8)14/h3-4,8,13H,1-2,5-6H2,(H,12,14). The van der Waals surface area contributed by atoms with E-state index in [1.165, 1.54) is 0 Å². The van der Waals surface area contributed by atoms with E-state index in [1.54, 1.807) is 0 Å². The summed E-state index contributed by atoms with van der Waals surface area (Å²) < 4.78 is 6.05. The van der Waals surface area contributed by atoms with Crippen LogP contribution in [0.1, 0.15) is 18.6 Å². The summed E-state index contributed by atoms with van der Waals surface area (Å²) in [5, 5.41) is 6.01. The third kappa shape index (κ3) is 2.82. The molecule has 1 aliphatic rings. The molecule has 1 atom stereocenters. The van der Waals surface area contributed by atoms with Crippen molar-refractivity contribution < 1.29 is 9.21 Å². The van der Waals surface area contributed by atoms with E-state index in [9.17, 15) is 4.79 Å². The molecule has 2 heterocycles. The third-order valence-electron chi connectivity index (χ3n) is 2.44. The molecule has 1 aromatic heterocycles. The van der Waals surface area contributed by atoms with Gasteiger partial charge in [0.1, 0.15) is 5.76 Å². The first kappa shape index (κ1) is 10.7. The molecule has 15 heavy (non-hydrogen) atoms. The van der Waals surface area contributed by atoms with Crippen LogP contribution in [0.2, 0.25) is 0 Å². The predicted octanol–water partition coefficient (Wildman–Crippen LogP) is 1.41. The van der Waals surface area contributed by atoms with Crippen LogP contribution in [0, 0.1) is 0 Å². The largest absolute Gasteiger partial charge is 0.453 e. The maximum absolute atomic E-state index is 11.4. The molecule has 0 saturated carbocycles. The monoisotopic (exact) mass is 272 g/mol. The molecule has 0 aliphatic carbocycles. The summed E-state index contributed by atoms with van der Waals surface area (Å²) in [6.07, 6.45) is 1.93. The summed E-state index contributed by atoms with van der Waals surface area (Å²) in [5.41, 5.74) is 0. The molecule has 2 rings (SSSR count). The van der Waals surface area contributed by atoms with Crippen LogP contribution in [0.3, 0.4) is 0 Å². The van der Waals surface area contributed by atoms with Gasteiger partial charge in [-0.25, -0.2) is 0 Å². The first-order chi connectivity index (χ1) is 7.25. The smallest absolute Gasteiger partial charge is 0.237 e. The van der Waals surface area contributed by atoms with Gasteiger partial charge in [0.2, 0.25) is 5.91 Å². The molecule has 82 valence electrons. The zero-order valence-corrected chi connectivity index (χ0v) is 9.84. The number of nitrogens with one attached hydrogen (secondary N) is 2. The number of carbonyl (C=O) groups excluding carboxylic acids is 1. The van der Waals surface area contributed by atoms with E-state index in [0.29, 0.717) is 11.2 Å². The Hall–Kier alpha value is -0.810. The van der Waals surface area contributed by atoms with E-state index in [-0.39, 0.29) is 11.9 Å². The summed E-state index contributed by atoms with van der Waals surface area (Å²) in [4.78, 5) is 11.4. The number of halogens is 1. The van der Waals surface area contributed by atoms with E-state index in [0.717, 1.165) is 25.1 Å². The quantitative estimate of drug-likeness (QED) is 0.875. The van der Waals surface area contributed by atoms with Crippen LogP contribution < -0.4 is 10.6 Å². The highest BCUT2D eigenvalue weighted by molar-refractivity contribution is 9.10. The number of hydrogen-bond donors (Lipinski definition) is 2. The van der Waals surface area contributed by atoms with E-state index in [4.69, 9.17) is 4.42 Å². The fourth-order valence-corrected chi connectivity index (χ4v) is 1.98. The Morgan fingerprint density at radius 3 is 3.13 bits per heavy atom. The molecule has 1 saturated heterocycles. The van der Waals surface area contributed by atoms with Crippen molar-refractivity contribution in [3.05, 3.63) is 22.6 Å². The van der Waals surface area contributed by atoms with Gasteiger partial charge in [-0.05, 0) is 40.9 Å². The molecule has 4 nitrogen and oxygen atoms in total. The van der Waals surface area contributed by atoms with Gasteiger partial charge >= 0.3 is 0 Å². The normalized spacial score (nSPS) is 21.4. The topological polar surface area (TPSA) is 54.3 Å². The van der Waals surface area contributed by atoms with Crippen LogP contribution in [0.15, 0.2) is 21.2 Å². The SMILES string of the molecule is O=C1NCCCC1NCc1ccc(Br)o1. The summed E-state index contributed by atoms with van der Waals surface area (Å²) in [7, 11) is 0. The van der Waals surface area contributed by atoms with Crippen LogP contribution in [0.25, 0.3) is 0 Å². The lowest BCUT2D eigenvalue weighted by Gasteiger charge is -2.22. The lowest BCUT2D eigenvalue weighted by molar-refractivity contribution is -0.124. The minimum absolute atomic E-state index is 0.0809. The van der Waals surface area contributed by atoms with Gasteiger partial charge in [0.25, 0.3) is 0 Å². The fourth-order valence-electron chi connectivity index (χ4n) is 1.64. The molecule has 1 aromatic rings. The molecule has 2 N–H and O–H groups in total. The highest BCUT2D eigenvalue weighted by atomic mass is 79.9. The van der Waals surface area contributed by atoms with Crippen molar-refractivity contribution in [2.45, 2.75) is 25.4 Å². The third-order valence-corrected chi connectivity index (χ3v) is 2.86. The highest BCUT2D eigenvalue weighted by Gasteiger charge is 2.21. The molecule has 1 unspecified atom stereocenters. The van der Waals surface area contributed by atoms with Gasteiger partial charge in [-0.2, -0.15) is 0 Å². The Balaban J connectivity index is 1.84. The Morgan fingerprint density at radius 2 is 2.47 bits per heavy atom. The summed E-state index contributed by atoms with van der Waals surface area (Å²) in [5.74, 6) is 0.923. The van der Waals surface area contributed by atoms with Crippen LogP contribution in [0.5, 0.6) is 0 Å². The Kier molecular flexibility index (Phi) is 3.43. The summed E-state index contributed by atoms with van der Waals surface area (Å²) >= 11 is 3.24. The van der Waals surface area contributed by atoms with E-state index in [1.807, 2.05) is 12.1 Å². The first-order valence-corrected chi connectivity index (χ1v) is 5.80. The van der Waals surface area contributed by atoms with Crippen molar-refractivity contribution in [1.29, 1.82) is 0 Å². The number of rotatable bonds is 3. The minimum Gasteiger partial charge on any atom is -0.453 e. The second-order valence-corrected chi connectivity index (χ2v) is 4.35. The Labute approximate surface area is 96.5 Å². The highest BCUT2D eigenvalue weighted by Crippen LogP contribution is 2.14. The second-order valence-electron chi connectivity index (χ2n) is 3.57. The molecular weight excluding hydrogens is 260 g/mol. The molecule has 0 spiro atoms. The zero-order chi connectivity index (χ0) is 10.7. The Morgan fingerprint density at radius 1 is 1.60 bits per heavy atom. The number of piperidine rings is 1. The van der Waals surface area contributed by atoms with Gasteiger partial charge in [0, 0.05) is 6.54 Å². The van der Waals surface area contributed by atoms with Crippen molar-refractivity contribution in [2.75, 3.05) is 6.54 Å². The maximum atomic E-state index is 11.4. The van der Waals surface area contributed by atoms with Crippen molar-refractivity contribution in [3.63, 3.8) is 0 Å². The van der Waals surface area contributed by atoms with E-state index in [2.05, 4.69) is 26.6 Å². The average molecular weight is 273 g/mol. The average Bonchev–Trinajstić information content (AvgIpc) is 2.63. The van der Waals surface area contributed by atoms with Gasteiger partial charge in [0.05, 0.1) is 12.6 Å². The van der Waals surface area contributed by atoms with Crippen molar-refractivity contribution in [2.24, 2.45) is 0 Å². The van der Waals surface area contributed by atoms with Crippen LogP contribution in [-0.2, 0) is 11.3 Å². The lowest BCUT2D eigenvalue weighted by atomic mass is 10.1. The Bertz CT molecular complexity index is 351. The maximum Gasteiger partial charge on any atom is 0.237 e. The summed E-state index contributed by atoms with van der Waals surface area (Å²) in [6.45, 7) is 1.38. The van der Waals surface area contributed by atoms with Crippen molar-refractivity contribution in [3.8, 4) is 0 Å². The number of carbonyl (C=O) groups is 1. The number of hydrogen-bond acceptors (Lipinski definition) is 3. The molecule has 0 aromatic carbocycles. The van der Waals surface area contributed by atoms with Crippen LogP contribution >= 0.6 is 15.9 Å². The summed E-state index contributed by atoms with van der Waals surface area (Å²) in [6, 6.07) is 3.65. The number of furan rings is 1. The van der Waals surface area contributed by atoms with Gasteiger partial charge in [-0.1, -0.05) is 0 Å². The molecule has 1 amide bonds. The van der Waals surface area contributed by atoms with Crippen molar-refractivity contribution >= 4 is 21.8 Å². The second kappa shape index (κ2) is 4.81. The van der Waals surface area contributed by atoms with Crippen LogP contribution in [-0.4, -0.2) is 18.5 Å². The zero-order valence-electron chi connectivity index (χ0n) is 8.25. The van der Waals surface area contributed by atoms with Gasteiger partial charge < -0.3 is 9.73 Å². The predicted molar refractivity (Wildman–Crippen MR) is 59.3 cm³/mol. The molecule has 5 heteroatoms. The van der Waals surface area contributed by atoms with Gasteiger partial charge in [-0.3, -0.25) is 10.1 Å². The van der Waals surface area contributed by atoms with Crippen molar-refractivity contribution in [1.82, 2.24) is 10.6 Å². The van der Waals surface area contributed by atoms with E-state index < -0.39 is 0 Å². The molecule has 1 aliphatic heterocycles. The molecule has 0 radical (unpaired) electrons. The first-order valence-electron chi connectivity index (χ1n) is 5.01. The lowest BCUT2D eigenvalue weighted by Crippen LogP contribution is -2.47. The molecular formula is C10H13BrN2O2. The fraction of sp³-hybridized carbons (Fsp3) is 0.500. The number of amides is 1. The van der Waals surface area contributed by atoms with Crippen LogP contribution in [0.4, 0.5) is 0 Å². The molecule has 1 fully saturated rings. The van der Waals surface area contributed by atoms with E-state index >= 15 is 0 Å².